The zero-order valence-electron chi connectivity index (χ0n) is 11.7. The summed E-state index contributed by atoms with van der Waals surface area (Å²) < 4.78 is 32.4. The minimum atomic E-state index is -3.72. The quantitative estimate of drug-likeness (QED) is 0.851. The molecule has 1 aromatic heterocycles. The number of carboxylic acid groups (broad SMARTS) is 1. The molecule has 0 saturated heterocycles. The maximum atomic E-state index is 12.5. The zero-order chi connectivity index (χ0) is 15.7. The van der Waals surface area contributed by atoms with Crippen molar-refractivity contribution < 1.29 is 22.7 Å². The van der Waals surface area contributed by atoms with Crippen molar-refractivity contribution in [3.05, 3.63) is 53.5 Å². The van der Waals surface area contributed by atoms with Crippen LogP contribution in [0.2, 0.25) is 0 Å². The van der Waals surface area contributed by atoms with Crippen LogP contribution in [0.5, 0.6) is 0 Å². The second-order valence-electron chi connectivity index (χ2n) is 5.20. The normalized spacial score (nSPS) is 14.9. The van der Waals surface area contributed by atoms with E-state index in [-0.39, 0.29) is 22.8 Å². The Morgan fingerprint density at radius 1 is 1.27 bits per heavy atom. The molecular weight excluding hydrogens is 306 g/mol. The van der Waals surface area contributed by atoms with Gasteiger partial charge in [0, 0.05) is 0 Å². The fraction of sp³-hybridized carbons (Fsp3) is 0.267. The Bertz CT molecular complexity index is 805. The number of rotatable bonds is 6. The van der Waals surface area contributed by atoms with Crippen molar-refractivity contribution in [2.24, 2.45) is 0 Å². The lowest BCUT2D eigenvalue weighted by Gasteiger charge is -2.10. The molecule has 0 aliphatic heterocycles. The summed E-state index contributed by atoms with van der Waals surface area (Å²) in [6.07, 6.45) is 3.22. The summed E-state index contributed by atoms with van der Waals surface area (Å²) in [4.78, 5) is 11.2. The first kappa shape index (κ1) is 14.8. The van der Waals surface area contributed by atoms with E-state index in [9.17, 15) is 13.2 Å². The molecule has 1 aliphatic carbocycles. The maximum Gasteiger partial charge on any atom is 0.339 e. The van der Waals surface area contributed by atoms with Gasteiger partial charge >= 0.3 is 5.97 Å². The fourth-order valence-corrected chi connectivity index (χ4v) is 3.64. The Morgan fingerprint density at radius 3 is 2.68 bits per heavy atom. The first-order valence-electron chi connectivity index (χ1n) is 6.87. The molecule has 0 atom stereocenters. The number of aromatic carboxylic acids is 1. The third kappa shape index (κ3) is 2.90. The molecule has 6 nitrogen and oxygen atoms in total. The van der Waals surface area contributed by atoms with Gasteiger partial charge in [-0.25, -0.2) is 17.9 Å². The predicted molar refractivity (Wildman–Crippen MR) is 78.1 cm³/mol. The average Bonchev–Trinajstić information content (AvgIpc) is 3.23. The highest BCUT2D eigenvalue weighted by molar-refractivity contribution is 7.89. The molecule has 0 amide bonds. The van der Waals surface area contributed by atoms with Crippen LogP contribution in [0, 0.1) is 0 Å². The monoisotopic (exact) mass is 321 g/mol. The summed E-state index contributed by atoms with van der Waals surface area (Å²) in [5.74, 6) is -0.771. The largest absolute Gasteiger partial charge is 0.478 e. The van der Waals surface area contributed by atoms with Crippen LogP contribution < -0.4 is 4.72 Å². The summed E-state index contributed by atoms with van der Waals surface area (Å²) >= 11 is 0. The lowest BCUT2D eigenvalue weighted by molar-refractivity contribution is 0.0694. The molecule has 1 aromatic carbocycles. The topological polar surface area (TPSA) is 96.6 Å². The van der Waals surface area contributed by atoms with Crippen molar-refractivity contribution >= 4 is 16.0 Å². The van der Waals surface area contributed by atoms with Gasteiger partial charge in [-0.05, 0) is 36.5 Å². The molecule has 0 unspecified atom stereocenters. The second kappa shape index (κ2) is 5.58. The molecule has 0 bridgehead atoms. The van der Waals surface area contributed by atoms with Crippen molar-refractivity contribution in [2.75, 3.05) is 0 Å². The lowest BCUT2D eigenvalue weighted by atomic mass is 10.1. The van der Waals surface area contributed by atoms with Gasteiger partial charge in [0.1, 0.15) is 11.3 Å². The van der Waals surface area contributed by atoms with Gasteiger partial charge in [0.15, 0.2) is 0 Å². The smallest absolute Gasteiger partial charge is 0.339 e. The average molecular weight is 321 g/mol. The van der Waals surface area contributed by atoms with E-state index in [1.54, 1.807) is 12.1 Å². The van der Waals surface area contributed by atoms with Crippen LogP contribution in [0.3, 0.4) is 0 Å². The number of sulfonamides is 1. The molecule has 3 rings (SSSR count). The highest BCUT2D eigenvalue weighted by Gasteiger charge is 2.30. The van der Waals surface area contributed by atoms with Crippen LogP contribution in [-0.2, 0) is 16.6 Å². The zero-order valence-corrected chi connectivity index (χ0v) is 12.5. The Morgan fingerprint density at radius 2 is 2.00 bits per heavy atom. The maximum absolute atomic E-state index is 12.5. The van der Waals surface area contributed by atoms with Crippen molar-refractivity contribution in [3.8, 4) is 0 Å². The van der Waals surface area contributed by atoms with Crippen molar-refractivity contribution in [2.45, 2.75) is 30.2 Å². The number of carbonyl (C=O) groups is 1. The van der Waals surface area contributed by atoms with E-state index in [1.807, 2.05) is 12.1 Å². The SMILES string of the molecule is O=C(O)c1ccoc1CNS(=O)(=O)c1ccccc1C1CC1. The van der Waals surface area contributed by atoms with E-state index in [2.05, 4.69) is 4.72 Å². The molecule has 2 N–H and O–H groups in total. The third-order valence-electron chi connectivity index (χ3n) is 3.62. The molecule has 7 heteroatoms. The molecule has 1 fully saturated rings. The second-order valence-corrected chi connectivity index (χ2v) is 6.93. The fourth-order valence-electron chi connectivity index (χ4n) is 2.36. The van der Waals surface area contributed by atoms with Crippen LogP contribution >= 0.6 is 0 Å². The number of hydrogen-bond donors (Lipinski definition) is 2. The Hall–Kier alpha value is -2.12. The van der Waals surface area contributed by atoms with Crippen molar-refractivity contribution in [1.29, 1.82) is 0 Å². The molecular formula is C15H15NO5S. The predicted octanol–water partition coefficient (Wildman–Crippen LogP) is 2.33. The molecule has 116 valence electrons. The number of benzene rings is 1. The third-order valence-corrected chi connectivity index (χ3v) is 5.10. The Kier molecular flexibility index (Phi) is 3.76. The van der Waals surface area contributed by atoms with Crippen LogP contribution in [0.25, 0.3) is 0 Å². The van der Waals surface area contributed by atoms with Gasteiger partial charge in [0.2, 0.25) is 10.0 Å². The number of carboxylic acids is 1. The van der Waals surface area contributed by atoms with Crippen LogP contribution in [0.4, 0.5) is 0 Å². The number of nitrogens with one attached hydrogen (secondary N) is 1. The van der Waals surface area contributed by atoms with E-state index < -0.39 is 16.0 Å². The van der Waals surface area contributed by atoms with Gasteiger partial charge in [-0.3, -0.25) is 0 Å². The summed E-state index contributed by atoms with van der Waals surface area (Å²) in [5, 5.41) is 8.99. The van der Waals surface area contributed by atoms with Crippen molar-refractivity contribution in [3.63, 3.8) is 0 Å². The van der Waals surface area contributed by atoms with Gasteiger partial charge in [-0.2, -0.15) is 0 Å². The van der Waals surface area contributed by atoms with Gasteiger partial charge in [-0.1, -0.05) is 18.2 Å². The summed E-state index contributed by atoms with van der Waals surface area (Å²) in [6, 6.07) is 8.18. The molecule has 1 saturated carbocycles. The Labute approximate surface area is 127 Å². The minimum Gasteiger partial charge on any atom is -0.478 e. The molecule has 1 heterocycles. The van der Waals surface area contributed by atoms with Crippen LogP contribution in [-0.4, -0.2) is 19.5 Å². The summed E-state index contributed by atoms with van der Waals surface area (Å²) in [6.45, 7) is -0.198. The van der Waals surface area contributed by atoms with E-state index in [4.69, 9.17) is 9.52 Å². The summed E-state index contributed by atoms with van der Waals surface area (Å²) in [5.41, 5.74) is 0.770. The van der Waals surface area contributed by atoms with E-state index in [0.29, 0.717) is 5.92 Å². The number of hydrogen-bond acceptors (Lipinski definition) is 4. The van der Waals surface area contributed by atoms with Gasteiger partial charge < -0.3 is 9.52 Å². The van der Waals surface area contributed by atoms with Crippen LogP contribution in [0.15, 0.2) is 45.9 Å². The highest BCUT2D eigenvalue weighted by Crippen LogP contribution is 2.42. The molecule has 2 aromatic rings. The standard InChI is InChI=1S/C15H15NO5S/c17-15(18)12-7-8-21-13(12)9-16-22(19,20)14-4-2-1-3-11(14)10-5-6-10/h1-4,7-8,10,16H,5-6,9H2,(H,17,18). The number of furan rings is 1. The van der Waals surface area contributed by atoms with Crippen molar-refractivity contribution in [1.82, 2.24) is 4.72 Å². The molecule has 0 radical (unpaired) electrons. The lowest BCUT2D eigenvalue weighted by Crippen LogP contribution is -2.24. The van der Waals surface area contributed by atoms with Gasteiger partial charge in [-0.15, -0.1) is 0 Å². The molecule has 1 aliphatic rings. The minimum absolute atomic E-state index is 0.0434. The van der Waals surface area contributed by atoms with E-state index >= 15 is 0 Å². The first-order chi connectivity index (χ1) is 10.5. The molecule has 0 spiro atoms. The van der Waals surface area contributed by atoms with E-state index in [1.165, 1.54) is 12.3 Å². The van der Waals surface area contributed by atoms with Gasteiger partial charge in [0.25, 0.3) is 0 Å². The van der Waals surface area contributed by atoms with Gasteiger partial charge in [0.05, 0.1) is 17.7 Å². The highest BCUT2D eigenvalue weighted by atomic mass is 32.2. The first-order valence-corrected chi connectivity index (χ1v) is 8.35. The molecule has 22 heavy (non-hydrogen) atoms. The van der Waals surface area contributed by atoms with Crippen LogP contribution in [0.1, 0.15) is 40.4 Å². The van der Waals surface area contributed by atoms with E-state index in [0.717, 1.165) is 18.4 Å². The summed E-state index contributed by atoms with van der Waals surface area (Å²) in [7, 11) is -3.72. The Balaban J connectivity index is 1.82.